The van der Waals surface area contributed by atoms with Gasteiger partial charge >= 0.3 is 5.97 Å². The lowest BCUT2D eigenvalue weighted by Crippen LogP contribution is -2.18. The number of hydrogen-bond acceptors (Lipinski definition) is 4. The van der Waals surface area contributed by atoms with Crippen molar-refractivity contribution in [2.24, 2.45) is 0 Å². The maximum atomic E-state index is 11.5. The Morgan fingerprint density at radius 1 is 1.41 bits per heavy atom. The maximum Gasteiger partial charge on any atom is 0.315 e. The van der Waals surface area contributed by atoms with E-state index in [0.717, 1.165) is 6.42 Å². The normalized spacial score (nSPS) is 11.9. The number of methoxy groups -OCH3 is 1. The predicted octanol–water partition coefficient (Wildman–Crippen LogP) is 1.72. The number of aliphatic hydroxyl groups excluding tert-OH is 1. The molecule has 0 aliphatic carbocycles. The lowest BCUT2D eigenvalue weighted by molar-refractivity contribution is -0.143. The predicted molar refractivity (Wildman–Crippen MR) is 64.1 cm³/mol. The van der Waals surface area contributed by atoms with Crippen LogP contribution in [0.5, 0.6) is 5.75 Å². The summed E-state index contributed by atoms with van der Waals surface area (Å²) in [5, 5.41) is 9.27. The van der Waals surface area contributed by atoms with Crippen LogP contribution in [0, 0.1) is 0 Å². The molecule has 0 spiro atoms. The van der Waals surface area contributed by atoms with Gasteiger partial charge in [0.05, 0.1) is 20.3 Å². The number of carbonyl (C=O) groups is 1. The number of benzene rings is 1. The Morgan fingerprint density at radius 3 is 2.71 bits per heavy atom. The van der Waals surface area contributed by atoms with Crippen molar-refractivity contribution in [3.8, 4) is 5.75 Å². The van der Waals surface area contributed by atoms with E-state index in [0.29, 0.717) is 17.9 Å². The Hall–Kier alpha value is -1.55. The lowest BCUT2D eigenvalue weighted by Gasteiger charge is -2.16. The average molecular weight is 238 g/mol. The van der Waals surface area contributed by atoms with E-state index in [4.69, 9.17) is 4.74 Å². The van der Waals surface area contributed by atoms with Crippen molar-refractivity contribution in [1.29, 1.82) is 0 Å². The quantitative estimate of drug-likeness (QED) is 0.767. The topological polar surface area (TPSA) is 55.8 Å². The molecule has 0 fully saturated rings. The molecule has 0 aliphatic heterocycles. The minimum atomic E-state index is -0.687. The first kappa shape index (κ1) is 13.5. The van der Waals surface area contributed by atoms with Crippen LogP contribution in [0.2, 0.25) is 0 Å². The van der Waals surface area contributed by atoms with Crippen LogP contribution in [0.15, 0.2) is 24.3 Å². The first-order valence-corrected chi connectivity index (χ1v) is 5.65. The Kier molecular flexibility index (Phi) is 5.49. The van der Waals surface area contributed by atoms with E-state index < -0.39 is 11.9 Å². The second-order valence-electron chi connectivity index (χ2n) is 3.64. The summed E-state index contributed by atoms with van der Waals surface area (Å²) in [5.41, 5.74) is 0.662. The van der Waals surface area contributed by atoms with Crippen molar-refractivity contribution < 1.29 is 19.4 Å². The van der Waals surface area contributed by atoms with Crippen LogP contribution >= 0.6 is 0 Å². The highest BCUT2D eigenvalue weighted by atomic mass is 16.5. The zero-order valence-corrected chi connectivity index (χ0v) is 10.2. The minimum Gasteiger partial charge on any atom is -0.493 e. The molecule has 0 heterocycles. The van der Waals surface area contributed by atoms with Gasteiger partial charge in [-0.25, -0.2) is 0 Å². The van der Waals surface area contributed by atoms with Gasteiger partial charge in [-0.15, -0.1) is 0 Å². The molecular weight excluding hydrogens is 220 g/mol. The van der Waals surface area contributed by atoms with Gasteiger partial charge in [-0.1, -0.05) is 25.1 Å². The summed E-state index contributed by atoms with van der Waals surface area (Å²) >= 11 is 0. The number of ether oxygens (including phenoxy) is 2. The second-order valence-corrected chi connectivity index (χ2v) is 3.64. The van der Waals surface area contributed by atoms with E-state index in [1.165, 1.54) is 7.11 Å². The first-order valence-electron chi connectivity index (χ1n) is 5.65. The fraction of sp³-hybridized carbons (Fsp3) is 0.462. The summed E-state index contributed by atoms with van der Waals surface area (Å²) < 4.78 is 10.2. The average Bonchev–Trinajstić information content (AvgIpc) is 2.38. The van der Waals surface area contributed by atoms with E-state index in [9.17, 15) is 9.90 Å². The third kappa shape index (κ3) is 3.46. The van der Waals surface area contributed by atoms with Gasteiger partial charge in [0.2, 0.25) is 0 Å². The monoisotopic (exact) mass is 238 g/mol. The molecule has 4 nitrogen and oxygen atoms in total. The van der Waals surface area contributed by atoms with Crippen molar-refractivity contribution in [1.82, 2.24) is 0 Å². The summed E-state index contributed by atoms with van der Waals surface area (Å²) in [6, 6.07) is 7.19. The van der Waals surface area contributed by atoms with Gasteiger partial charge in [-0.05, 0) is 12.5 Å². The van der Waals surface area contributed by atoms with Crippen molar-refractivity contribution in [3.63, 3.8) is 0 Å². The van der Waals surface area contributed by atoms with Crippen molar-refractivity contribution >= 4 is 5.97 Å². The molecule has 1 N–H and O–H groups in total. The molecule has 1 rings (SSSR count). The highest BCUT2D eigenvalue weighted by Crippen LogP contribution is 2.27. The van der Waals surface area contributed by atoms with Crippen molar-refractivity contribution in [2.45, 2.75) is 19.3 Å². The summed E-state index contributed by atoms with van der Waals surface area (Å²) in [6.07, 6.45) is 0.885. The van der Waals surface area contributed by atoms with E-state index >= 15 is 0 Å². The molecule has 0 bridgehead atoms. The number of para-hydroxylation sites is 1. The fourth-order valence-electron chi connectivity index (χ4n) is 1.55. The highest BCUT2D eigenvalue weighted by molar-refractivity contribution is 5.79. The van der Waals surface area contributed by atoms with E-state index in [1.807, 2.05) is 13.0 Å². The molecule has 17 heavy (non-hydrogen) atoms. The number of hydrogen-bond donors (Lipinski definition) is 1. The minimum absolute atomic E-state index is 0.292. The number of esters is 1. The third-order valence-electron chi connectivity index (χ3n) is 2.42. The molecule has 0 aromatic heterocycles. The maximum absolute atomic E-state index is 11.5. The first-order chi connectivity index (χ1) is 8.24. The SMILES string of the molecule is CCCOc1ccccc1C(CO)C(=O)OC. The molecule has 4 heteroatoms. The smallest absolute Gasteiger partial charge is 0.315 e. The fourth-order valence-corrected chi connectivity index (χ4v) is 1.55. The summed E-state index contributed by atoms with van der Waals surface area (Å²) in [7, 11) is 1.31. The van der Waals surface area contributed by atoms with Crippen LogP contribution in [0.1, 0.15) is 24.8 Å². The Balaban J connectivity index is 2.97. The summed E-state index contributed by atoms with van der Waals surface area (Å²) in [5.74, 6) is -0.521. The van der Waals surface area contributed by atoms with Crippen LogP contribution in [-0.2, 0) is 9.53 Å². The van der Waals surface area contributed by atoms with Gasteiger partial charge in [0.15, 0.2) is 0 Å². The standard InChI is InChI=1S/C13H18O4/c1-3-8-17-12-7-5-4-6-10(12)11(9-14)13(15)16-2/h4-7,11,14H,3,8-9H2,1-2H3. The van der Waals surface area contributed by atoms with Gasteiger partial charge in [0, 0.05) is 5.56 Å². The Morgan fingerprint density at radius 2 is 2.12 bits per heavy atom. The van der Waals surface area contributed by atoms with Crippen LogP contribution in [-0.4, -0.2) is 31.4 Å². The molecule has 0 amide bonds. The number of rotatable bonds is 6. The van der Waals surface area contributed by atoms with Gasteiger partial charge in [-0.2, -0.15) is 0 Å². The summed E-state index contributed by atoms with van der Waals surface area (Å²) in [6.45, 7) is 2.29. The molecule has 0 saturated heterocycles. The molecule has 94 valence electrons. The molecule has 1 unspecified atom stereocenters. The molecule has 1 aromatic carbocycles. The zero-order valence-electron chi connectivity index (χ0n) is 10.2. The van der Waals surface area contributed by atoms with Crippen molar-refractivity contribution in [3.05, 3.63) is 29.8 Å². The van der Waals surface area contributed by atoms with Gasteiger partial charge in [0.1, 0.15) is 11.7 Å². The second kappa shape index (κ2) is 6.91. The highest BCUT2D eigenvalue weighted by Gasteiger charge is 2.23. The van der Waals surface area contributed by atoms with E-state index in [2.05, 4.69) is 4.74 Å². The molecular formula is C13H18O4. The van der Waals surface area contributed by atoms with Gasteiger partial charge < -0.3 is 14.6 Å². The Bertz CT molecular complexity index is 362. The molecule has 0 saturated carbocycles. The number of aliphatic hydroxyl groups is 1. The van der Waals surface area contributed by atoms with Crippen LogP contribution in [0.4, 0.5) is 0 Å². The molecule has 1 aromatic rings. The van der Waals surface area contributed by atoms with Gasteiger partial charge in [0.25, 0.3) is 0 Å². The van der Waals surface area contributed by atoms with Crippen LogP contribution in [0.25, 0.3) is 0 Å². The third-order valence-corrected chi connectivity index (χ3v) is 2.42. The van der Waals surface area contributed by atoms with Crippen LogP contribution < -0.4 is 4.74 Å². The molecule has 1 atom stereocenters. The molecule has 0 radical (unpaired) electrons. The Labute approximate surface area is 101 Å². The largest absolute Gasteiger partial charge is 0.493 e. The summed E-state index contributed by atoms with van der Waals surface area (Å²) in [4.78, 5) is 11.5. The zero-order chi connectivity index (χ0) is 12.7. The van der Waals surface area contributed by atoms with E-state index in [-0.39, 0.29) is 6.61 Å². The number of carbonyl (C=O) groups excluding carboxylic acids is 1. The van der Waals surface area contributed by atoms with Gasteiger partial charge in [-0.3, -0.25) is 4.79 Å². The van der Waals surface area contributed by atoms with Crippen LogP contribution in [0.3, 0.4) is 0 Å². The van der Waals surface area contributed by atoms with Crippen molar-refractivity contribution in [2.75, 3.05) is 20.3 Å². The molecule has 0 aliphatic rings. The van der Waals surface area contributed by atoms with E-state index in [1.54, 1.807) is 18.2 Å². The lowest BCUT2D eigenvalue weighted by atomic mass is 9.99.